The Morgan fingerprint density at radius 1 is 1.13 bits per heavy atom. The van der Waals surface area contributed by atoms with Gasteiger partial charge in [-0.2, -0.15) is 0 Å². The molecule has 4 heterocycles. The number of carbonyl (C=O) groups excluding carboxylic acids is 1. The number of carbonyl (C=O) groups is 1. The summed E-state index contributed by atoms with van der Waals surface area (Å²) in [5.74, 6) is -0.136. The Hall–Kier alpha value is -3.16. The van der Waals surface area contributed by atoms with Gasteiger partial charge in [0.05, 0.1) is 33.5 Å². The number of pyridine rings is 1. The predicted octanol–water partition coefficient (Wildman–Crippen LogP) is 5.05. The van der Waals surface area contributed by atoms with E-state index in [1.54, 1.807) is 29.3 Å². The highest BCUT2D eigenvalue weighted by molar-refractivity contribution is 7.99. The molecule has 1 aliphatic heterocycles. The average Bonchev–Trinajstić information content (AvgIpc) is 3.39. The molecule has 0 bridgehead atoms. The molecule has 0 radical (unpaired) electrons. The number of nitrogens with zero attached hydrogens (tertiary/aromatic N) is 3. The Bertz CT molecular complexity index is 1240. The summed E-state index contributed by atoms with van der Waals surface area (Å²) in [5, 5.41) is 6.14. The summed E-state index contributed by atoms with van der Waals surface area (Å²) in [6, 6.07) is 17.6. The first-order valence-electron chi connectivity index (χ1n) is 9.47. The molecule has 0 unspecified atom stereocenters. The van der Waals surface area contributed by atoms with Crippen LogP contribution in [0.1, 0.15) is 26.5 Å². The third-order valence-corrected chi connectivity index (χ3v) is 6.98. The van der Waals surface area contributed by atoms with Crippen molar-refractivity contribution in [1.82, 2.24) is 14.9 Å². The van der Waals surface area contributed by atoms with Crippen molar-refractivity contribution in [2.75, 3.05) is 0 Å². The van der Waals surface area contributed by atoms with Crippen LogP contribution in [0, 0.1) is 0 Å². The first-order chi connectivity index (χ1) is 14.7. The van der Waals surface area contributed by atoms with Crippen LogP contribution in [0.15, 0.2) is 87.3 Å². The van der Waals surface area contributed by atoms with Crippen molar-refractivity contribution in [1.29, 1.82) is 0 Å². The second-order valence-electron chi connectivity index (χ2n) is 6.87. The topological polar surface area (TPSA) is 59.3 Å². The molecular formula is C23H18N4OS2. The lowest BCUT2D eigenvalue weighted by molar-refractivity contribution is 0.0950. The van der Waals surface area contributed by atoms with E-state index in [1.165, 1.54) is 0 Å². The molecule has 0 spiro atoms. The molecule has 148 valence electrons. The molecule has 0 atom stereocenters. The fourth-order valence-electron chi connectivity index (χ4n) is 3.32. The number of aryl methyl sites for hydroxylation is 1. The molecule has 1 aromatic carbocycles. The Balaban J connectivity index is 1.49. The summed E-state index contributed by atoms with van der Waals surface area (Å²) >= 11 is 3.35. The first-order valence-corrected chi connectivity index (χ1v) is 11.2. The normalized spacial score (nSPS) is 12.5. The Labute approximate surface area is 182 Å². The van der Waals surface area contributed by atoms with E-state index in [0.717, 1.165) is 37.5 Å². The number of aliphatic imine (C=N–C) groups is 1. The van der Waals surface area contributed by atoms with Crippen LogP contribution in [0.2, 0.25) is 0 Å². The minimum atomic E-state index is -0.136. The zero-order chi connectivity index (χ0) is 20.5. The lowest BCUT2D eigenvalue weighted by Crippen LogP contribution is -2.23. The van der Waals surface area contributed by atoms with E-state index >= 15 is 0 Å². The predicted molar refractivity (Wildman–Crippen MR) is 121 cm³/mol. The van der Waals surface area contributed by atoms with Gasteiger partial charge in [-0.25, -0.2) is 4.99 Å². The fourth-order valence-corrected chi connectivity index (χ4v) is 5.08. The van der Waals surface area contributed by atoms with Gasteiger partial charge in [0.25, 0.3) is 5.91 Å². The molecule has 5 rings (SSSR count). The molecular weight excluding hydrogens is 412 g/mol. The van der Waals surface area contributed by atoms with Crippen molar-refractivity contribution < 1.29 is 4.79 Å². The zero-order valence-electron chi connectivity index (χ0n) is 16.2. The van der Waals surface area contributed by atoms with Crippen LogP contribution >= 0.6 is 23.1 Å². The maximum Gasteiger partial charge on any atom is 0.251 e. The summed E-state index contributed by atoms with van der Waals surface area (Å²) in [5.41, 5.74) is 4.28. The summed E-state index contributed by atoms with van der Waals surface area (Å²) < 4.78 is 2.12. The minimum Gasteiger partial charge on any atom is -0.346 e. The van der Waals surface area contributed by atoms with Crippen molar-refractivity contribution >= 4 is 40.4 Å². The number of aromatic nitrogens is 2. The van der Waals surface area contributed by atoms with E-state index in [4.69, 9.17) is 4.99 Å². The van der Waals surface area contributed by atoms with Gasteiger partial charge in [-0.05, 0) is 47.8 Å². The van der Waals surface area contributed by atoms with Gasteiger partial charge in [-0.15, -0.1) is 11.3 Å². The Kier molecular flexibility index (Phi) is 4.98. The molecule has 5 nitrogen and oxygen atoms in total. The standard InChI is InChI=1S/C23H18N4OS2/c1-27-11-9-17-21(20-6-4-12-29-20)26-18-13-15(7-8-19(18)30-23(17)27)22(28)25-14-16-5-2-3-10-24-16/h2-13H,14H2,1H3,(H,25,28). The highest BCUT2D eigenvalue weighted by Gasteiger charge is 2.22. The van der Waals surface area contributed by atoms with Crippen LogP contribution in [0.25, 0.3) is 0 Å². The number of hydrogen-bond acceptors (Lipinski definition) is 5. The van der Waals surface area contributed by atoms with Gasteiger partial charge >= 0.3 is 0 Å². The molecule has 0 fully saturated rings. The monoisotopic (exact) mass is 430 g/mol. The van der Waals surface area contributed by atoms with Gasteiger partial charge < -0.3 is 9.88 Å². The second-order valence-corrected chi connectivity index (χ2v) is 8.85. The zero-order valence-corrected chi connectivity index (χ0v) is 17.8. The first kappa shape index (κ1) is 18.8. The maximum atomic E-state index is 12.7. The van der Waals surface area contributed by atoms with Crippen molar-refractivity contribution in [3.63, 3.8) is 0 Å². The Morgan fingerprint density at radius 3 is 2.87 bits per heavy atom. The number of hydrogen-bond donors (Lipinski definition) is 1. The smallest absolute Gasteiger partial charge is 0.251 e. The number of nitrogens with one attached hydrogen (secondary N) is 1. The van der Waals surface area contributed by atoms with Crippen molar-refractivity contribution in [3.8, 4) is 0 Å². The van der Waals surface area contributed by atoms with Gasteiger partial charge in [0.15, 0.2) is 0 Å². The van der Waals surface area contributed by atoms with E-state index in [0.29, 0.717) is 12.1 Å². The SMILES string of the molecule is Cn1ccc2c1Sc1ccc(C(=O)NCc3ccccn3)cc1N=C2c1cccs1. The highest BCUT2D eigenvalue weighted by atomic mass is 32.2. The summed E-state index contributed by atoms with van der Waals surface area (Å²) in [4.78, 5) is 24.1. The number of thiophene rings is 1. The summed E-state index contributed by atoms with van der Waals surface area (Å²) in [6.07, 6.45) is 3.78. The quantitative estimate of drug-likeness (QED) is 0.434. The molecule has 1 aliphatic rings. The largest absolute Gasteiger partial charge is 0.346 e. The van der Waals surface area contributed by atoms with E-state index in [2.05, 4.69) is 38.6 Å². The minimum absolute atomic E-state index is 0.136. The second kappa shape index (κ2) is 7.93. The van der Waals surface area contributed by atoms with Crippen molar-refractivity contribution in [3.05, 3.63) is 94.1 Å². The van der Waals surface area contributed by atoms with E-state index in [1.807, 2.05) is 49.5 Å². The Morgan fingerprint density at radius 2 is 2.07 bits per heavy atom. The lowest BCUT2D eigenvalue weighted by atomic mass is 10.1. The molecule has 0 saturated carbocycles. The van der Waals surface area contributed by atoms with Crippen LogP contribution in [-0.4, -0.2) is 21.2 Å². The molecule has 1 N–H and O–H groups in total. The van der Waals surface area contributed by atoms with Gasteiger partial charge in [0, 0.05) is 35.5 Å². The molecule has 30 heavy (non-hydrogen) atoms. The third-order valence-electron chi connectivity index (χ3n) is 4.84. The van der Waals surface area contributed by atoms with Gasteiger partial charge in [0.1, 0.15) is 0 Å². The third kappa shape index (κ3) is 3.58. The van der Waals surface area contributed by atoms with Crippen LogP contribution in [0.5, 0.6) is 0 Å². The lowest BCUT2D eigenvalue weighted by Gasteiger charge is -2.08. The number of rotatable bonds is 4. The number of benzene rings is 1. The van der Waals surface area contributed by atoms with E-state index in [-0.39, 0.29) is 5.91 Å². The molecule has 7 heteroatoms. The molecule has 0 aliphatic carbocycles. The maximum absolute atomic E-state index is 12.7. The highest BCUT2D eigenvalue weighted by Crippen LogP contribution is 2.42. The van der Waals surface area contributed by atoms with Crippen molar-refractivity contribution in [2.24, 2.45) is 12.0 Å². The van der Waals surface area contributed by atoms with Crippen LogP contribution in [0.4, 0.5) is 5.69 Å². The van der Waals surface area contributed by atoms with E-state index in [9.17, 15) is 4.79 Å². The molecule has 0 saturated heterocycles. The van der Waals surface area contributed by atoms with Crippen molar-refractivity contribution in [2.45, 2.75) is 16.5 Å². The summed E-state index contributed by atoms with van der Waals surface area (Å²) in [6.45, 7) is 0.390. The van der Waals surface area contributed by atoms with E-state index < -0.39 is 0 Å². The van der Waals surface area contributed by atoms with Gasteiger partial charge in [-0.1, -0.05) is 23.9 Å². The fraction of sp³-hybridized carbons (Fsp3) is 0.0870. The number of fused-ring (bicyclic) bond motifs is 2. The van der Waals surface area contributed by atoms with Crippen LogP contribution in [0.3, 0.4) is 0 Å². The van der Waals surface area contributed by atoms with Gasteiger partial charge in [0.2, 0.25) is 0 Å². The van der Waals surface area contributed by atoms with Gasteiger partial charge in [-0.3, -0.25) is 9.78 Å². The average molecular weight is 431 g/mol. The molecule has 3 aromatic heterocycles. The van der Waals surface area contributed by atoms with Crippen LogP contribution < -0.4 is 5.32 Å². The molecule has 1 amide bonds. The van der Waals surface area contributed by atoms with Crippen LogP contribution in [-0.2, 0) is 13.6 Å². The molecule has 4 aromatic rings. The summed E-state index contributed by atoms with van der Waals surface area (Å²) in [7, 11) is 2.04. The number of amides is 1.